The first-order valence-corrected chi connectivity index (χ1v) is 9.77. The number of nitrogens with zero attached hydrogens (tertiary/aromatic N) is 2. The molecular formula is C23H26N2O2. The van der Waals surface area contributed by atoms with Gasteiger partial charge in [-0.05, 0) is 49.1 Å². The zero-order valence-electron chi connectivity index (χ0n) is 15.8. The van der Waals surface area contributed by atoms with E-state index < -0.39 is 0 Å². The van der Waals surface area contributed by atoms with Crippen molar-refractivity contribution >= 4 is 0 Å². The molecule has 0 radical (unpaired) electrons. The molecule has 0 spiro atoms. The van der Waals surface area contributed by atoms with Crippen LogP contribution in [0.1, 0.15) is 48.4 Å². The van der Waals surface area contributed by atoms with Gasteiger partial charge in [-0.1, -0.05) is 54.5 Å². The zero-order chi connectivity index (χ0) is 18.5. The highest BCUT2D eigenvalue weighted by Gasteiger charge is 2.29. The van der Waals surface area contributed by atoms with Crippen LogP contribution in [-0.4, -0.2) is 16.6 Å². The molecule has 0 bridgehead atoms. The van der Waals surface area contributed by atoms with Crippen LogP contribution in [0.5, 0.6) is 5.75 Å². The maximum atomic E-state index is 5.98. The molecule has 0 N–H and O–H groups in total. The molecule has 0 aliphatic carbocycles. The summed E-state index contributed by atoms with van der Waals surface area (Å²) < 4.78 is 11.6. The Morgan fingerprint density at radius 1 is 1.07 bits per heavy atom. The highest BCUT2D eigenvalue weighted by atomic mass is 16.5. The van der Waals surface area contributed by atoms with Gasteiger partial charge in [0, 0.05) is 12.6 Å². The van der Waals surface area contributed by atoms with Gasteiger partial charge in [-0.25, -0.2) is 0 Å². The zero-order valence-corrected chi connectivity index (χ0v) is 15.8. The minimum Gasteiger partial charge on any atom is -0.489 e. The predicted molar refractivity (Wildman–Crippen MR) is 105 cm³/mol. The lowest BCUT2D eigenvalue weighted by atomic mass is 10.1. The number of hydrogen-bond donors (Lipinski definition) is 0. The predicted octanol–water partition coefficient (Wildman–Crippen LogP) is 5.15. The van der Waals surface area contributed by atoms with Crippen LogP contribution < -0.4 is 4.74 Å². The molecule has 1 saturated heterocycles. The first kappa shape index (κ1) is 17.8. The van der Waals surface area contributed by atoms with Crippen LogP contribution in [0.15, 0.2) is 65.2 Å². The molecule has 1 aliphatic heterocycles. The molecule has 4 nitrogen and oxygen atoms in total. The van der Waals surface area contributed by atoms with Crippen LogP contribution in [-0.2, 0) is 19.6 Å². The Bertz CT molecular complexity index is 860. The quantitative estimate of drug-likeness (QED) is 0.582. The summed E-state index contributed by atoms with van der Waals surface area (Å²) in [5.74, 6) is 1.92. The molecule has 3 aromatic rings. The van der Waals surface area contributed by atoms with Crippen LogP contribution in [0, 0.1) is 0 Å². The molecule has 2 heterocycles. The second kappa shape index (κ2) is 8.40. The number of rotatable bonds is 7. The van der Waals surface area contributed by atoms with Gasteiger partial charge in [-0.3, -0.25) is 4.90 Å². The van der Waals surface area contributed by atoms with E-state index in [0.29, 0.717) is 12.6 Å². The van der Waals surface area contributed by atoms with Crippen molar-refractivity contribution in [1.29, 1.82) is 0 Å². The van der Waals surface area contributed by atoms with E-state index in [-0.39, 0.29) is 0 Å². The molecule has 4 rings (SSSR count). The Morgan fingerprint density at radius 3 is 2.74 bits per heavy atom. The number of benzene rings is 2. The summed E-state index contributed by atoms with van der Waals surface area (Å²) in [6, 6.07) is 21.1. The second-order valence-electron chi connectivity index (χ2n) is 7.12. The van der Waals surface area contributed by atoms with Crippen molar-refractivity contribution < 1.29 is 9.26 Å². The summed E-state index contributed by atoms with van der Waals surface area (Å²) in [6.45, 7) is 4.68. The van der Waals surface area contributed by atoms with Crippen LogP contribution >= 0.6 is 0 Å². The van der Waals surface area contributed by atoms with Crippen LogP contribution in [0.3, 0.4) is 0 Å². The SMILES string of the molecule is CCc1cc(C2CCCN2Cc2cccc(OCc3ccccc3)c2)on1. The normalized spacial score (nSPS) is 17.3. The standard InChI is InChI=1S/C23H26N2O2/c1-2-20-15-23(27-24-20)22-12-7-13-25(22)16-19-10-6-11-21(14-19)26-17-18-8-4-3-5-9-18/h3-6,8-11,14-15,22H,2,7,12-13,16-17H2,1H3. The van der Waals surface area contributed by atoms with Crippen molar-refractivity contribution in [1.82, 2.24) is 10.1 Å². The van der Waals surface area contributed by atoms with E-state index in [1.54, 1.807) is 0 Å². The molecule has 4 heteroatoms. The summed E-state index contributed by atoms with van der Waals surface area (Å²) in [6.07, 6.45) is 3.23. The Kier molecular flexibility index (Phi) is 5.54. The van der Waals surface area contributed by atoms with Gasteiger partial charge in [0.2, 0.25) is 0 Å². The Morgan fingerprint density at radius 2 is 1.93 bits per heavy atom. The van der Waals surface area contributed by atoms with E-state index in [9.17, 15) is 0 Å². The van der Waals surface area contributed by atoms with Gasteiger partial charge in [0.05, 0.1) is 11.7 Å². The maximum Gasteiger partial charge on any atom is 0.154 e. The smallest absolute Gasteiger partial charge is 0.154 e. The first-order valence-electron chi connectivity index (χ1n) is 9.77. The summed E-state index contributed by atoms with van der Waals surface area (Å²) in [5.41, 5.74) is 3.48. The van der Waals surface area contributed by atoms with Gasteiger partial charge in [-0.15, -0.1) is 0 Å². The monoisotopic (exact) mass is 362 g/mol. The van der Waals surface area contributed by atoms with Crippen molar-refractivity contribution in [3.05, 3.63) is 83.2 Å². The lowest BCUT2D eigenvalue weighted by molar-refractivity contribution is 0.206. The molecule has 2 aromatic carbocycles. The fraction of sp³-hybridized carbons (Fsp3) is 0.348. The average molecular weight is 362 g/mol. The Labute approximate surface area is 160 Å². The molecule has 140 valence electrons. The van der Waals surface area contributed by atoms with Crippen LogP contribution in [0.25, 0.3) is 0 Å². The van der Waals surface area contributed by atoms with Crippen molar-refractivity contribution in [2.45, 2.75) is 45.4 Å². The third-order valence-electron chi connectivity index (χ3n) is 5.16. The minimum atomic E-state index is 0.326. The second-order valence-corrected chi connectivity index (χ2v) is 7.12. The maximum absolute atomic E-state index is 5.98. The third kappa shape index (κ3) is 4.40. The average Bonchev–Trinajstić information content (AvgIpc) is 3.36. The summed E-state index contributed by atoms with van der Waals surface area (Å²) >= 11 is 0. The van der Waals surface area contributed by atoms with E-state index in [2.05, 4.69) is 53.4 Å². The Hall–Kier alpha value is -2.59. The van der Waals surface area contributed by atoms with Gasteiger partial charge < -0.3 is 9.26 Å². The summed E-state index contributed by atoms with van der Waals surface area (Å²) in [7, 11) is 0. The van der Waals surface area contributed by atoms with E-state index in [0.717, 1.165) is 43.1 Å². The lowest BCUT2D eigenvalue weighted by Crippen LogP contribution is -2.22. The van der Waals surface area contributed by atoms with Gasteiger partial charge in [0.25, 0.3) is 0 Å². The number of aryl methyl sites for hydroxylation is 1. The summed E-state index contributed by atoms with van der Waals surface area (Å²) in [5, 5.41) is 4.17. The van der Waals surface area contributed by atoms with Gasteiger partial charge in [0.15, 0.2) is 5.76 Å². The highest BCUT2D eigenvalue weighted by Crippen LogP contribution is 2.34. The van der Waals surface area contributed by atoms with Gasteiger partial charge in [0.1, 0.15) is 12.4 Å². The molecule has 1 atom stereocenters. The fourth-order valence-electron chi connectivity index (χ4n) is 3.70. The topological polar surface area (TPSA) is 38.5 Å². The third-order valence-corrected chi connectivity index (χ3v) is 5.16. The van der Waals surface area contributed by atoms with E-state index in [1.807, 2.05) is 24.3 Å². The number of hydrogen-bond acceptors (Lipinski definition) is 4. The van der Waals surface area contributed by atoms with Crippen molar-refractivity contribution in [2.24, 2.45) is 0 Å². The number of ether oxygens (including phenoxy) is 1. The van der Waals surface area contributed by atoms with Gasteiger partial charge >= 0.3 is 0 Å². The minimum absolute atomic E-state index is 0.326. The molecule has 1 unspecified atom stereocenters. The molecule has 0 saturated carbocycles. The molecule has 0 amide bonds. The number of aromatic nitrogens is 1. The van der Waals surface area contributed by atoms with Gasteiger partial charge in [-0.2, -0.15) is 0 Å². The Balaban J connectivity index is 1.41. The largest absolute Gasteiger partial charge is 0.489 e. The van der Waals surface area contributed by atoms with E-state index in [1.165, 1.54) is 17.5 Å². The molecule has 1 aliphatic rings. The highest BCUT2D eigenvalue weighted by molar-refractivity contribution is 5.29. The van der Waals surface area contributed by atoms with E-state index >= 15 is 0 Å². The first-order chi connectivity index (χ1) is 13.3. The molecule has 1 fully saturated rings. The van der Waals surface area contributed by atoms with Crippen LogP contribution in [0.4, 0.5) is 0 Å². The number of likely N-dealkylation sites (tertiary alicyclic amines) is 1. The lowest BCUT2D eigenvalue weighted by Gasteiger charge is -2.22. The molecule has 27 heavy (non-hydrogen) atoms. The van der Waals surface area contributed by atoms with Crippen molar-refractivity contribution in [2.75, 3.05) is 6.54 Å². The van der Waals surface area contributed by atoms with Crippen molar-refractivity contribution in [3.8, 4) is 5.75 Å². The fourth-order valence-corrected chi connectivity index (χ4v) is 3.70. The van der Waals surface area contributed by atoms with E-state index in [4.69, 9.17) is 9.26 Å². The summed E-state index contributed by atoms with van der Waals surface area (Å²) in [4.78, 5) is 2.48. The molecule has 1 aromatic heterocycles. The van der Waals surface area contributed by atoms with Crippen molar-refractivity contribution in [3.63, 3.8) is 0 Å². The molecular weight excluding hydrogens is 336 g/mol. The van der Waals surface area contributed by atoms with Crippen LogP contribution in [0.2, 0.25) is 0 Å².